The van der Waals surface area contributed by atoms with Crippen molar-refractivity contribution >= 4 is 27.8 Å². The summed E-state index contributed by atoms with van der Waals surface area (Å²) < 4.78 is 0. The van der Waals surface area contributed by atoms with E-state index in [1.165, 1.54) is 88.7 Å². The van der Waals surface area contributed by atoms with Crippen molar-refractivity contribution in [1.29, 1.82) is 0 Å². The normalized spacial score (nSPS) is 13.6. The Morgan fingerprint density at radius 1 is 0.254 bits per heavy atom. The summed E-state index contributed by atoms with van der Waals surface area (Å²) in [5, 5.41) is 2.49. The van der Waals surface area contributed by atoms with E-state index in [1.807, 2.05) is 0 Å². The summed E-state index contributed by atoms with van der Waals surface area (Å²) in [6, 6.07) is 101. The van der Waals surface area contributed by atoms with E-state index in [2.05, 4.69) is 278 Å². The second kappa shape index (κ2) is 15.6. The van der Waals surface area contributed by atoms with Gasteiger partial charge in [0, 0.05) is 16.9 Å². The van der Waals surface area contributed by atoms with Crippen LogP contribution < -0.4 is 4.90 Å². The molecule has 0 bridgehead atoms. The minimum atomic E-state index is -0.523. The maximum absolute atomic E-state index is 2.49. The first-order valence-electron chi connectivity index (χ1n) is 23.3. The summed E-state index contributed by atoms with van der Waals surface area (Å²) >= 11 is 0. The smallest absolute Gasteiger partial charge is 0.0714 e. The average molecular weight is 852 g/mol. The fraction of sp³-hybridized carbons (Fsp3) is 0.0303. The number of hydrogen-bond acceptors (Lipinski definition) is 1. The zero-order valence-corrected chi connectivity index (χ0v) is 36.9. The lowest BCUT2D eigenvalue weighted by atomic mass is 9.67. The first-order chi connectivity index (χ1) is 33.2. The van der Waals surface area contributed by atoms with E-state index in [1.54, 1.807) is 0 Å². The van der Waals surface area contributed by atoms with E-state index in [0.717, 1.165) is 17.1 Å². The molecule has 0 heterocycles. The van der Waals surface area contributed by atoms with E-state index in [0.29, 0.717) is 0 Å². The summed E-state index contributed by atoms with van der Waals surface area (Å²) in [5.74, 6) is 0. The van der Waals surface area contributed by atoms with Crippen LogP contribution in [0.3, 0.4) is 0 Å². The zero-order valence-electron chi connectivity index (χ0n) is 36.9. The summed E-state index contributed by atoms with van der Waals surface area (Å²) in [5.41, 5.74) is 20.0. The molecule has 0 aliphatic heterocycles. The van der Waals surface area contributed by atoms with Gasteiger partial charge in [-0.15, -0.1) is 0 Å². The van der Waals surface area contributed by atoms with Crippen LogP contribution in [0.25, 0.3) is 44.2 Å². The van der Waals surface area contributed by atoms with E-state index < -0.39 is 10.8 Å². The Labute approximate surface area is 392 Å². The van der Waals surface area contributed by atoms with Crippen LogP contribution in [0.4, 0.5) is 17.1 Å². The summed E-state index contributed by atoms with van der Waals surface area (Å²) in [7, 11) is 0. The van der Waals surface area contributed by atoms with E-state index in [-0.39, 0.29) is 0 Å². The fourth-order valence-electron chi connectivity index (χ4n) is 11.8. The van der Waals surface area contributed by atoms with Gasteiger partial charge >= 0.3 is 0 Å². The van der Waals surface area contributed by atoms with Crippen LogP contribution >= 0.6 is 0 Å². The Bertz CT molecular complexity index is 3530. The first kappa shape index (κ1) is 38.9. The van der Waals surface area contributed by atoms with Gasteiger partial charge in [0.1, 0.15) is 0 Å². The second-order valence-corrected chi connectivity index (χ2v) is 17.9. The molecule has 0 aromatic heterocycles. The lowest BCUT2D eigenvalue weighted by molar-refractivity contribution is 0.768. The van der Waals surface area contributed by atoms with Crippen molar-refractivity contribution in [1.82, 2.24) is 0 Å². The molecule has 11 aromatic carbocycles. The average Bonchev–Trinajstić information content (AvgIpc) is 3.89. The van der Waals surface area contributed by atoms with Crippen molar-refractivity contribution in [3.05, 3.63) is 317 Å². The molecule has 1 nitrogen and oxygen atoms in total. The molecule has 0 saturated heterocycles. The van der Waals surface area contributed by atoms with Crippen molar-refractivity contribution in [2.24, 2.45) is 0 Å². The highest BCUT2D eigenvalue weighted by Crippen LogP contribution is 2.60. The summed E-state index contributed by atoms with van der Waals surface area (Å²) in [6.07, 6.45) is 0. The molecular weight excluding hydrogens is 807 g/mol. The molecule has 0 atom stereocenters. The van der Waals surface area contributed by atoms with Crippen LogP contribution in [0.1, 0.15) is 44.5 Å². The number of rotatable bonds is 8. The first-order valence-corrected chi connectivity index (χ1v) is 23.3. The molecule has 0 amide bonds. The molecule has 0 unspecified atom stereocenters. The van der Waals surface area contributed by atoms with Gasteiger partial charge in [-0.1, -0.05) is 237 Å². The molecular formula is C66H45N. The van der Waals surface area contributed by atoms with Gasteiger partial charge in [-0.3, -0.25) is 0 Å². The minimum Gasteiger partial charge on any atom is -0.310 e. The van der Waals surface area contributed by atoms with Crippen LogP contribution in [0, 0.1) is 0 Å². The number of fused-ring (bicyclic) bond motifs is 7. The standard InChI is InChI=1S/C66H45N/c1-4-21-50(22-5-1)65(59-30-15-12-27-56(59)57-28-13-16-31-60(57)65)53-39-43-55(44-40-53)67(54-41-37-47(38-42-54)49-36-35-46-19-10-11-20-48(46)45-49)63-34-18-33-62-64(63)58-29-14-17-32-61(58)66(62,51-23-6-2-7-24-51)52-25-8-3-9-26-52/h1-45H. The molecule has 0 radical (unpaired) electrons. The summed E-state index contributed by atoms with van der Waals surface area (Å²) in [6.45, 7) is 0. The van der Waals surface area contributed by atoms with Crippen LogP contribution in [0.15, 0.2) is 273 Å². The quantitative estimate of drug-likeness (QED) is 0.147. The minimum absolute atomic E-state index is 0.489. The van der Waals surface area contributed by atoms with E-state index in [4.69, 9.17) is 0 Å². The Hall–Kier alpha value is -8.52. The molecule has 2 aliphatic carbocycles. The summed E-state index contributed by atoms with van der Waals surface area (Å²) in [4.78, 5) is 2.49. The molecule has 314 valence electrons. The third-order valence-electron chi connectivity index (χ3n) is 14.6. The van der Waals surface area contributed by atoms with Crippen molar-refractivity contribution < 1.29 is 0 Å². The predicted octanol–water partition coefficient (Wildman–Crippen LogP) is 16.7. The number of hydrogen-bond donors (Lipinski definition) is 0. The number of benzene rings is 11. The Balaban J connectivity index is 1.04. The maximum atomic E-state index is 2.49. The van der Waals surface area contributed by atoms with Gasteiger partial charge in [0.15, 0.2) is 0 Å². The van der Waals surface area contributed by atoms with Gasteiger partial charge in [-0.05, 0) is 119 Å². The molecule has 1 heteroatoms. The molecule has 0 saturated carbocycles. The van der Waals surface area contributed by atoms with Gasteiger partial charge in [-0.2, -0.15) is 0 Å². The molecule has 0 N–H and O–H groups in total. The van der Waals surface area contributed by atoms with Crippen molar-refractivity contribution in [2.75, 3.05) is 4.90 Å². The Morgan fingerprint density at radius 2 is 0.657 bits per heavy atom. The van der Waals surface area contributed by atoms with Gasteiger partial charge in [0.2, 0.25) is 0 Å². The van der Waals surface area contributed by atoms with E-state index >= 15 is 0 Å². The second-order valence-electron chi connectivity index (χ2n) is 17.9. The molecule has 0 fully saturated rings. The van der Waals surface area contributed by atoms with Crippen LogP contribution in [-0.2, 0) is 10.8 Å². The van der Waals surface area contributed by atoms with Crippen LogP contribution in [-0.4, -0.2) is 0 Å². The number of nitrogens with zero attached hydrogens (tertiary/aromatic N) is 1. The van der Waals surface area contributed by atoms with Crippen molar-refractivity contribution in [2.45, 2.75) is 10.8 Å². The van der Waals surface area contributed by atoms with Crippen molar-refractivity contribution in [3.63, 3.8) is 0 Å². The predicted molar refractivity (Wildman–Crippen MR) is 279 cm³/mol. The molecule has 67 heavy (non-hydrogen) atoms. The molecule has 13 rings (SSSR count). The highest BCUT2D eigenvalue weighted by Gasteiger charge is 2.48. The van der Waals surface area contributed by atoms with Gasteiger partial charge < -0.3 is 4.90 Å². The van der Waals surface area contributed by atoms with Crippen molar-refractivity contribution in [3.8, 4) is 33.4 Å². The highest BCUT2D eigenvalue weighted by atomic mass is 15.1. The largest absolute Gasteiger partial charge is 0.310 e. The van der Waals surface area contributed by atoms with E-state index in [9.17, 15) is 0 Å². The molecule has 2 aliphatic rings. The zero-order chi connectivity index (χ0) is 44.4. The maximum Gasteiger partial charge on any atom is 0.0714 e. The lowest BCUT2D eigenvalue weighted by Crippen LogP contribution is -2.28. The molecule has 0 spiro atoms. The molecule has 11 aromatic rings. The van der Waals surface area contributed by atoms with Crippen LogP contribution in [0.5, 0.6) is 0 Å². The van der Waals surface area contributed by atoms with Gasteiger partial charge in [0.05, 0.1) is 16.5 Å². The Morgan fingerprint density at radius 3 is 1.22 bits per heavy atom. The van der Waals surface area contributed by atoms with Crippen LogP contribution in [0.2, 0.25) is 0 Å². The third kappa shape index (κ3) is 5.81. The van der Waals surface area contributed by atoms with Gasteiger partial charge in [0.25, 0.3) is 0 Å². The Kier molecular flexibility index (Phi) is 9.05. The monoisotopic (exact) mass is 851 g/mol. The topological polar surface area (TPSA) is 3.24 Å². The highest BCUT2D eigenvalue weighted by molar-refractivity contribution is 5.98. The third-order valence-corrected chi connectivity index (χ3v) is 14.6. The lowest BCUT2D eigenvalue weighted by Gasteiger charge is -2.35. The SMILES string of the molecule is c1ccc(C2(c3ccc(N(c4ccc(-c5ccc6ccccc6c5)cc4)c4cccc5c4-c4ccccc4C5(c4ccccc4)c4ccccc4)cc3)c3ccccc3-c3ccccc32)cc1. The van der Waals surface area contributed by atoms with Gasteiger partial charge in [-0.25, -0.2) is 0 Å². The fourth-order valence-corrected chi connectivity index (χ4v) is 11.8. The number of anilines is 3.